The van der Waals surface area contributed by atoms with E-state index in [1.165, 1.54) is 50.9 Å². The molecule has 0 aliphatic carbocycles. The van der Waals surface area contributed by atoms with Crippen LogP contribution >= 0.6 is 0 Å². The molecular weight excluding hydrogens is 759 g/mol. The fourth-order valence-corrected chi connectivity index (χ4v) is 7.16. The van der Waals surface area contributed by atoms with Crippen LogP contribution in [0.3, 0.4) is 0 Å². The van der Waals surface area contributed by atoms with Gasteiger partial charge in [-0.1, -0.05) is 86.0 Å². The van der Waals surface area contributed by atoms with Crippen molar-refractivity contribution >= 4 is 47.3 Å². The van der Waals surface area contributed by atoms with Crippen molar-refractivity contribution in [2.45, 2.75) is 201 Å². The second kappa shape index (κ2) is 27.5. The van der Waals surface area contributed by atoms with E-state index in [1.54, 1.807) is 13.8 Å². The van der Waals surface area contributed by atoms with Gasteiger partial charge in [0.15, 0.2) is 0 Å². The predicted octanol–water partition coefficient (Wildman–Crippen LogP) is 3.67. The molecule has 5 atom stereocenters. The summed E-state index contributed by atoms with van der Waals surface area (Å²) in [5, 5.41) is 13.7. The highest BCUT2D eigenvalue weighted by Gasteiger charge is 2.42. The number of nitrogens with one attached hydrogen (secondary N) is 5. The van der Waals surface area contributed by atoms with Crippen LogP contribution in [-0.4, -0.2) is 101 Å². The summed E-state index contributed by atoms with van der Waals surface area (Å²) in [6, 6.07) is -4.81. The van der Waals surface area contributed by atoms with Crippen molar-refractivity contribution in [3.63, 3.8) is 0 Å². The lowest BCUT2D eigenvalue weighted by Gasteiger charge is -2.34. The van der Waals surface area contributed by atoms with Crippen molar-refractivity contribution in [2.75, 3.05) is 13.2 Å². The first kappa shape index (κ1) is 52.8. The normalized spacial score (nSPS) is 16.1. The Hall–Kier alpha value is -4.24. The third-order valence-electron chi connectivity index (χ3n) is 10.3. The highest BCUT2D eigenvalue weighted by atomic mass is 16.5. The maximum Gasteiger partial charge on any atom is 0.302 e. The first-order chi connectivity index (χ1) is 27.7. The molecule has 7 N–H and O–H groups in total. The Morgan fingerprint density at radius 3 is 1.86 bits per heavy atom. The number of hydrogen-bond donors (Lipinski definition) is 6. The number of rotatable bonds is 29. The summed E-state index contributed by atoms with van der Waals surface area (Å²) in [6.45, 7) is 16.0. The van der Waals surface area contributed by atoms with Crippen LogP contribution in [0, 0.1) is 11.8 Å². The number of nitrogens with zero attached hydrogens (tertiary/aromatic N) is 1. The standard InChI is InChI=1S/C43H77N7O9/c1-10-11-12-13-14-15-16-17-18-21-37(53)49-43(8,9)42(58)50-24-19-20-35(50)41(57)48-34(26-29(4)5)40(56)45-30(6)38(54)47-33(22-23-36(44)52)39(55)46-32(25-28(2)3)27-59-31(7)51/h28-30,32-35H,10-27H2,1-9H3,(H2,44,52)(H,45,56)(H,46,55)(H,47,54)(H,48,57)(H,49,53)/t30-,32-,33-,34-,35-/m0/s1. The molecular formula is C43H77N7O9. The molecule has 16 nitrogen and oxygen atoms in total. The second-order valence-corrected chi connectivity index (χ2v) is 17.5. The molecule has 1 saturated heterocycles. The molecule has 1 rings (SSSR count). The highest BCUT2D eigenvalue weighted by molar-refractivity contribution is 5.97. The molecule has 338 valence electrons. The van der Waals surface area contributed by atoms with Gasteiger partial charge >= 0.3 is 5.97 Å². The molecule has 0 bridgehead atoms. The van der Waals surface area contributed by atoms with Gasteiger partial charge in [-0.3, -0.25) is 38.4 Å². The molecule has 0 spiro atoms. The number of ether oxygens (including phenoxy) is 1. The van der Waals surface area contributed by atoms with Gasteiger partial charge < -0.3 is 42.0 Å². The van der Waals surface area contributed by atoms with E-state index in [0.29, 0.717) is 32.2 Å². The van der Waals surface area contributed by atoms with Crippen molar-refractivity contribution in [2.24, 2.45) is 17.6 Å². The number of carbonyl (C=O) groups is 8. The third kappa shape index (κ3) is 21.5. The lowest BCUT2D eigenvalue weighted by atomic mass is 10.0. The van der Waals surface area contributed by atoms with Gasteiger partial charge in [0.2, 0.25) is 41.4 Å². The van der Waals surface area contributed by atoms with Crippen LogP contribution in [0.4, 0.5) is 0 Å². The summed E-state index contributed by atoms with van der Waals surface area (Å²) < 4.78 is 5.11. The Morgan fingerprint density at radius 2 is 1.31 bits per heavy atom. The van der Waals surface area contributed by atoms with E-state index in [9.17, 15) is 38.4 Å². The number of likely N-dealkylation sites (tertiary alicyclic amines) is 1. The lowest BCUT2D eigenvalue weighted by molar-refractivity contribution is -0.145. The molecule has 0 aromatic rings. The first-order valence-electron chi connectivity index (χ1n) is 21.9. The van der Waals surface area contributed by atoms with Crippen LogP contribution in [0.25, 0.3) is 0 Å². The van der Waals surface area contributed by atoms with Crippen LogP contribution in [0.1, 0.15) is 165 Å². The second-order valence-electron chi connectivity index (χ2n) is 17.5. The maximum atomic E-state index is 13.8. The van der Waals surface area contributed by atoms with Gasteiger partial charge in [-0.05, 0) is 71.1 Å². The van der Waals surface area contributed by atoms with E-state index in [-0.39, 0.29) is 49.5 Å². The Bertz CT molecular complexity index is 1390. The van der Waals surface area contributed by atoms with Crippen molar-refractivity contribution in [1.29, 1.82) is 0 Å². The highest BCUT2D eigenvalue weighted by Crippen LogP contribution is 2.23. The van der Waals surface area contributed by atoms with Crippen LogP contribution in [0.2, 0.25) is 0 Å². The van der Waals surface area contributed by atoms with Gasteiger partial charge in [-0.15, -0.1) is 0 Å². The number of nitrogens with two attached hydrogens (primary N) is 1. The van der Waals surface area contributed by atoms with Crippen LogP contribution in [-0.2, 0) is 43.1 Å². The Morgan fingerprint density at radius 1 is 0.729 bits per heavy atom. The lowest BCUT2D eigenvalue weighted by Crippen LogP contribution is -2.60. The van der Waals surface area contributed by atoms with E-state index in [2.05, 4.69) is 33.5 Å². The van der Waals surface area contributed by atoms with Crippen molar-refractivity contribution in [3.05, 3.63) is 0 Å². The minimum atomic E-state index is -1.25. The average molecular weight is 836 g/mol. The topological polar surface area (TPSA) is 235 Å². The number of carbonyl (C=O) groups excluding carboxylic acids is 8. The van der Waals surface area contributed by atoms with Gasteiger partial charge in [0, 0.05) is 26.3 Å². The molecule has 0 aromatic heterocycles. The summed E-state index contributed by atoms with van der Waals surface area (Å²) >= 11 is 0. The average Bonchev–Trinajstić information content (AvgIpc) is 3.63. The van der Waals surface area contributed by atoms with Gasteiger partial charge in [-0.25, -0.2) is 0 Å². The molecule has 0 unspecified atom stereocenters. The van der Waals surface area contributed by atoms with Crippen molar-refractivity contribution in [1.82, 2.24) is 31.5 Å². The minimum absolute atomic E-state index is 0.0379. The molecule has 1 aliphatic heterocycles. The van der Waals surface area contributed by atoms with Crippen molar-refractivity contribution in [3.8, 4) is 0 Å². The van der Waals surface area contributed by atoms with E-state index in [1.807, 2.05) is 27.7 Å². The molecule has 59 heavy (non-hydrogen) atoms. The largest absolute Gasteiger partial charge is 0.464 e. The van der Waals surface area contributed by atoms with Gasteiger partial charge in [0.1, 0.15) is 36.3 Å². The van der Waals surface area contributed by atoms with E-state index in [0.717, 1.165) is 25.7 Å². The number of unbranched alkanes of at least 4 members (excludes halogenated alkanes) is 8. The third-order valence-corrected chi connectivity index (χ3v) is 10.3. The Kier molecular flexibility index (Phi) is 24.6. The van der Waals surface area contributed by atoms with Crippen LogP contribution in [0.15, 0.2) is 0 Å². The van der Waals surface area contributed by atoms with Gasteiger partial charge in [0.25, 0.3) is 0 Å². The smallest absolute Gasteiger partial charge is 0.302 e. The fourth-order valence-electron chi connectivity index (χ4n) is 7.16. The molecule has 7 amide bonds. The van der Waals surface area contributed by atoms with E-state index in [4.69, 9.17) is 10.5 Å². The molecule has 1 aliphatic rings. The SMILES string of the molecule is CCCCCCCCCCCC(=O)NC(C)(C)C(=O)N1CCC[C@H]1C(=O)N[C@@H](CC(C)C)C(=O)N[C@@H](C)C(=O)N[C@@H](CCC(N)=O)C(=O)N[C@H](COC(C)=O)CC(C)C. The fraction of sp³-hybridized carbons (Fsp3) is 0.814. The summed E-state index contributed by atoms with van der Waals surface area (Å²) in [5.41, 5.74) is 4.09. The van der Waals surface area contributed by atoms with E-state index < -0.39 is 71.3 Å². The Labute approximate surface area is 352 Å². The van der Waals surface area contributed by atoms with Crippen molar-refractivity contribution < 1.29 is 43.1 Å². The molecule has 0 saturated carbocycles. The molecule has 16 heteroatoms. The quantitative estimate of drug-likeness (QED) is 0.0476. The molecule has 1 heterocycles. The summed E-state index contributed by atoms with van der Waals surface area (Å²) in [4.78, 5) is 105. The zero-order valence-corrected chi connectivity index (χ0v) is 37.5. The molecule has 0 aromatic carbocycles. The maximum absolute atomic E-state index is 13.8. The summed E-state index contributed by atoms with van der Waals surface area (Å²) in [7, 11) is 0. The van der Waals surface area contributed by atoms with E-state index >= 15 is 0 Å². The zero-order chi connectivity index (χ0) is 44.7. The van der Waals surface area contributed by atoms with Gasteiger partial charge in [0.05, 0.1) is 6.04 Å². The minimum Gasteiger partial charge on any atom is -0.464 e. The monoisotopic (exact) mass is 836 g/mol. The number of hydrogen-bond acceptors (Lipinski definition) is 9. The summed E-state index contributed by atoms with van der Waals surface area (Å²) in [6.07, 6.45) is 11.8. The van der Waals surface area contributed by atoms with Gasteiger partial charge in [-0.2, -0.15) is 0 Å². The van der Waals surface area contributed by atoms with Crippen LogP contribution < -0.4 is 32.3 Å². The summed E-state index contributed by atoms with van der Waals surface area (Å²) in [5.74, 6) is -4.17. The number of amides is 7. The zero-order valence-electron chi connectivity index (χ0n) is 37.5. The number of esters is 1. The molecule has 1 fully saturated rings. The molecule has 0 radical (unpaired) electrons. The predicted molar refractivity (Wildman–Crippen MR) is 226 cm³/mol. The number of primary amides is 1. The van der Waals surface area contributed by atoms with Crippen LogP contribution in [0.5, 0.6) is 0 Å². The first-order valence-corrected chi connectivity index (χ1v) is 21.9. The Balaban J connectivity index is 2.92.